The standard InChI is InChI=1S/C17H22N2O3/c1-18-9-12-5-6-19(10-12)17(20)14-7-13-3-4-15(21-2)8-16(13)22-11-14/h3-4,7-8,12,18H,5-6,9-11H2,1-2H3. The number of fused-ring (bicyclic) bond motifs is 1. The maximum atomic E-state index is 12.6. The van der Waals surface area contributed by atoms with Crippen molar-refractivity contribution in [1.82, 2.24) is 10.2 Å². The lowest BCUT2D eigenvalue weighted by atomic mass is 10.1. The molecule has 1 fully saturated rings. The Morgan fingerprint density at radius 2 is 2.36 bits per heavy atom. The molecule has 22 heavy (non-hydrogen) atoms. The van der Waals surface area contributed by atoms with Crippen LogP contribution in [0.3, 0.4) is 0 Å². The zero-order valence-electron chi connectivity index (χ0n) is 13.1. The van der Waals surface area contributed by atoms with Gasteiger partial charge >= 0.3 is 0 Å². The molecular formula is C17H22N2O3. The lowest BCUT2D eigenvalue weighted by Crippen LogP contribution is -2.33. The van der Waals surface area contributed by atoms with E-state index in [1.165, 1.54) is 0 Å². The van der Waals surface area contributed by atoms with Crippen molar-refractivity contribution in [3.8, 4) is 11.5 Å². The summed E-state index contributed by atoms with van der Waals surface area (Å²) in [5.74, 6) is 2.18. The summed E-state index contributed by atoms with van der Waals surface area (Å²) in [6.45, 7) is 2.94. The SMILES string of the molecule is CNCC1CCN(C(=O)C2=Cc3ccc(OC)cc3OC2)C1. The van der Waals surface area contributed by atoms with Gasteiger partial charge in [-0.15, -0.1) is 0 Å². The van der Waals surface area contributed by atoms with E-state index in [1.807, 2.05) is 36.2 Å². The maximum absolute atomic E-state index is 12.6. The lowest BCUT2D eigenvalue weighted by Gasteiger charge is -2.22. The van der Waals surface area contributed by atoms with Crippen molar-refractivity contribution in [2.24, 2.45) is 5.92 Å². The van der Waals surface area contributed by atoms with Gasteiger partial charge in [-0.25, -0.2) is 0 Å². The van der Waals surface area contributed by atoms with Crippen molar-refractivity contribution in [1.29, 1.82) is 0 Å². The summed E-state index contributed by atoms with van der Waals surface area (Å²) in [4.78, 5) is 14.6. The number of methoxy groups -OCH3 is 1. The molecule has 1 amide bonds. The highest BCUT2D eigenvalue weighted by atomic mass is 16.5. The molecule has 2 aliphatic heterocycles. The fourth-order valence-electron chi connectivity index (χ4n) is 3.07. The van der Waals surface area contributed by atoms with Crippen LogP contribution in [0, 0.1) is 5.92 Å². The fourth-order valence-corrected chi connectivity index (χ4v) is 3.07. The van der Waals surface area contributed by atoms with E-state index in [-0.39, 0.29) is 5.91 Å². The number of benzene rings is 1. The maximum Gasteiger partial charge on any atom is 0.253 e. The van der Waals surface area contributed by atoms with Gasteiger partial charge < -0.3 is 19.7 Å². The van der Waals surface area contributed by atoms with Crippen LogP contribution in [0.2, 0.25) is 0 Å². The van der Waals surface area contributed by atoms with Crippen LogP contribution in [0.1, 0.15) is 12.0 Å². The van der Waals surface area contributed by atoms with Crippen molar-refractivity contribution >= 4 is 12.0 Å². The molecule has 0 aliphatic carbocycles. The molecule has 1 aromatic carbocycles. The van der Waals surface area contributed by atoms with E-state index in [2.05, 4.69) is 5.32 Å². The number of nitrogens with one attached hydrogen (secondary N) is 1. The number of hydrogen-bond donors (Lipinski definition) is 1. The number of amides is 1. The molecule has 0 spiro atoms. The molecule has 2 heterocycles. The number of likely N-dealkylation sites (tertiary alicyclic amines) is 1. The Kier molecular flexibility index (Phi) is 4.34. The molecule has 5 nitrogen and oxygen atoms in total. The second-order valence-corrected chi connectivity index (χ2v) is 5.83. The predicted octanol–water partition coefficient (Wildman–Crippen LogP) is 1.54. The molecule has 1 aromatic rings. The average molecular weight is 302 g/mol. The van der Waals surface area contributed by atoms with Crippen molar-refractivity contribution in [2.45, 2.75) is 6.42 Å². The lowest BCUT2D eigenvalue weighted by molar-refractivity contribution is -0.126. The number of ether oxygens (including phenoxy) is 2. The third-order valence-electron chi connectivity index (χ3n) is 4.27. The Balaban J connectivity index is 1.72. The van der Waals surface area contributed by atoms with Gasteiger partial charge in [0.2, 0.25) is 0 Å². The Bertz CT molecular complexity index is 598. The number of hydrogen-bond acceptors (Lipinski definition) is 4. The zero-order chi connectivity index (χ0) is 15.5. The van der Waals surface area contributed by atoms with Crippen LogP contribution in [0.25, 0.3) is 6.08 Å². The first-order chi connectivity index (χ1) is 10.7. The molecule has 0 saturated carbocycles. The van der Waals surface area contributed by atoms with Crippen molar-refractivity contribution in [2.75, 3.05) is 40.4 Å². The summed E-state index contributed by atoms with van der Waals surface area (Å²) < 4.78 is 10.9. The van der Waals surface area contributed by atoms with Crippen molar-refractivity contribution in [3.05, 3.63) is 29.3 Å². The normalized spacial score (nSPS) is 20.2. The Hall–Kier alpha value is -2.01. The molecular weight excluding hydrogens is 280 g/mol. The molecule has 3 rings (SSSR count). The topological polar surface area (TPSA) is 50.8 Å². The molecule has 2 aliphatic rings. The monoisotopic (exact) mass is 302 g/mol. The van der Waals surface area contributed by atoms with E-state index in [9.17, 15) is 4.79 Å². The van der Waals surface area contributed by atoms with E-state index in [1.54, 1.807) is 7.11 Å². The van der Waals surface area contributed by atoms with Crippen LogP contribution in [0.15, 0.2) is 23.8 Å². The second-order valence-electron chi connectivity index (χ2n) is 5.83. The third-order valence-corrected chi connectivity index (χ3v) is 4.27. The average Bonchev–Trinajstić information content (AvgIpc) is 3.02. The van der Waals surface area contributed by atoms with E-state index < -0.39 is 0 Å². The first kappa shape index (κ1) is 14.9. The molecule has 1 unspecified atom stereocenters. The zero-order valence-corrected chi connectivity index (χ0v) is 13.1. The summed E-state index contributed by atoms with van der Waals surface area (Å²) in [5, 5.41) is 3.18. The van der Waals surface area contributed by atoms with Crippen LogP contribution in [0.4, 0.5) is 0 Å². The largest absolute Gasteiger partial charge is 0.497 e. The van der Waals surface area contributed by atoms with Crippen molar-refractivity contribution in [3.63, 3.8) is 0 Å². The van der Waals surface area contributed by atoms with Crippen LogP contribution >= 0.6 is 0 Å². The summed E-state index contributed by atoms with van der Waals surface area (Å²) in [6, 6.07) is 5.66. The summed E-state index contributed by atoms with van der Waals surface area (Å²) >= 11 is 0. The molecule has 1 N–H and O–H groups in total. The van der Waals surface area contributed by atoms with Gasteiger partial charge in [0.05, 0.1) is 12.7 Å². The number of carbonyl (C=O) groups is 1. The van der Waals surface area contributed by atoms with E-state index in [4.69, 9.17) is 9.47 Å². The van der Waals surface area contributed by atoms with E-state index in [0.29, 0.717) is 12.5 Å². The van der Waals surface area contributed by atoms with Gasteiger partial charge in [0.15, 0.2) is 0 Å². The first-order valence-electron chi connectivity index (χ1n) is 7.66. The van der Waals surface area contributed by atoms with E-state index >= 15 is 0 Å². The molecule has 5 heteroatoms. The summed E-state index contributed by atoms with van der Waals surface area (Å²) in [7, 11) is 3.58. The van der Waals surface area contributed by atoms with Crippen LogP contribution in [0.5, 0.6) is 11.5 Å². The quantitative estimate of drug-likeness (QED) is 0.916. The Labute approximate surface area is 130 Å². The number of carbonyl (C=O) groups excluding carboxylic acids is 1. The minimum Gasteiger partial charge on any atom is -0.497 e. The van der Waals surface area contributed by atoms with Crippen LogP contribution < -0.4 is 14.8 Å². The molecule has 0 aromatic heterocycles. The number of nitrogens with zero attached hydrogens (tertiary/aromatic N) is 1. The Morgan fingerprint density at radius 1 is 1.50 bits per heavy atom. The van der Waals surface area contributed by atoms with Gasteiger partial charge in [-0.2, -0.15) is 0 Å². The van der Waals surface area contributed by atoms with E-state index in [0.717, 1.165) is 48.7 Å². The Morgan fingerprint density at radius 3 is 3.14 bits per heavy atom. The minimum atomic E-state index is 0.0973. The smallest absolute Gasteiger partial charge is 0.253 e. The highest BCUT2D eigenvalue weighted by Crippen LogP contribution is 2.31. The minimum absolute atomic E-state index is 0.0973. The van der Waals surface area contributed by atoms with Gasteiger partial charge in [-0.1, -0.05) is 0 Å². The van der Waals surface area contributed by atoms with Gasteiger partial charge in [0.1, 0.15) is 18.1 Å². The third kappa shape index (κ3) is 2.95. The second kappa shape index (κ2) is 6.40. The number of rotatable bonds is 4. The molecule has 0 radical (unpaired) electrons. The molecule has 1 saturated heterocycles. The summed E-state index contributed by atoms with van der Waals surface area (Å²) in [5.41, 5.74) is 1.66. The summed E-state index contributed by atoms with van der Waals surface area (Å²) in [6.07, 6.45) is 3.00. The molecule has 118 valence electrons. The van der Waals surface area contributed by atoms with Gasteiger partial charge in [0, 0.05) is 24.7 Å². The van der Waals surface area contributed by atoms with Gasteiger partial charge in [-0.05, 0) is 44.1 Å². The van der Waals surface area contributed by atoms with Crippen LogP contribution in [-0.4, -0.2) is 51.2 Å². The highest BCUT2D eigenvalue weighted by molar-refractivity contribution is 5.99. The first-order valence-corrected chi connectivity index (χ1v) is 7.66. The molecule has 1 atom stereocenters. The van der Waals surface area contributed by atoms with Gasteiger partial charge in [0.25, 0.3) is 5.91 Å². The molecule has 0 bridgehead atoms. The highest BCUT2D eigenvalue weighted by Gasteiger charge is 2.29. The predicted molar refractivity (Wildman–Crippen MR) is 85.1 cm³/mol. The fraction of sp³-hybridized carbons (Fsp3) is 0.471. The van der Waals surface area contributed by atoms with Gasteiger partial charge in [-0.3, -0.25) is 4.79 Å². The van der Waals surface area contributed by atoms with Crippen LogP contribution in [-0.2, 0) is 4.79 Å². The van der Waals surface area contributed by atoms with Crippen molar-refractivity contribution < 1.29 is 14.3 Å².